The van der Waals surface area contributed by atoms with Crippen molar-refractivity contribution in [2.24, 2.45) is 0 Å². The molecule has 0 saturated carbocycles. The number of nitrogen functional groups attached to an aromatic ring is 1. The molecule has 3 rings (SSSR count). The normalized spacial score (nSPS) is 11.0. The minimum atomic E-state index is -4.13. The van der Waals surface area contributed by atoms with Crippen molar-refractivity contribution in [2.75, 3.05) is 5.73 Å². The van der Waals surface area contributed by atoms with E-state index in [1.807, 2.05) is 6.07 Å². The van der Waals surface area contributed by atoms with E-state index in [0.29, 0.717) is 17.5 Å². The first-order valence-corrected chi connectivity index (χ1v) is 10.3. The van der Waals surface area contributed by atoms with Crippen molar-refractivity contribution in [3.8, 4) is 12.3 Å². The van der Waals surface area contributed by atoms with Crippen LogP contribution in [0.4, 0.5) is 5.69 Å². The maximum absolute atomic E-state index is 13.3. The van der Waals surface area contributed by atoms with Crippen molar-refractivity contribution in [2.45, 2.75) is 23.1 Å². The van der Waals surface area contributed by atoms with Crippen molar-refractivity contribution in [3.05, 3.63) is 82.7 Å². The fraction of sp³-hybridized carbons (Fsp3) is 0.0909. The van der Waals surface area contributed by atoms with Crippen LogP contribution in [-0.2, 0) is 16.3 Å². The van der Waals surface area contributed by atoms with Crippen LogP contribution in [0.3, 0.4) is 0 Å². The van der Waals surface area contributed by atoms with Crippen LogP contribution in [0, 0.1) is 19.3 Å². The lowest BCUT2D eigenvalue weighted by atomic mass is 9.98. The minimum Gasteiger partial charge on any atom is -0.398 e. The molecule has 0 atom stereocenters. The molecule has 0 aliphatic rings. The van der Waals surface area contributed by atoms with Gasteiger partial charge < -0.3 is 5.73 Å². The molecule has 4 N–H and O–H groups in total. The van der Waals surface area contributed by atoms with Crippen LogP contribution in [0.1, 0.15) is 32.6 Å². The zero-order chi connectivity index (χ0) is 21.9. The van der Waals surface area contributed by atoms with Crippen molar-refractivity contribution < 1.29 is 18.4 Å². The van der Waals surface area contributed by atoms with Crippen LogP contribution in [0.2, 0.25) is 0 Å². The number of hydrogen-bond donors (Lipinski definition) is 3. The third-order valence-corrected chi connectivity index (χ3v) is 6.67. The van der Waals surface area contributed by atoms with Crippen LogP contribution >= 0.6 is 0 Å². The lowest BCUT2D eigenvalue weighted by Crippen LogP contribution is -2.23. The van der Waals surface area contributed by atoms with Crippen molar-refractivity contribution in [3.63, 3.8) is 0 Å². The van der Waals surface area contributed by atoms with Crippen LogP contribution in [0.5, 0.6) is 0 Å². The molecule has 0 bridgehead atoms. The number of nitrogens with two attached hydrogens (primary N) is 1. The number of nitrogens with one attached hydrogen (secondary N) is 1. The molecule has 152 valence electrons. The van der Waals surface area contributed by atoms with E-state index >= 15 is 0 Å². The molecule has 0 fully saturated rings. The first-order chi connectivity index (χ1) is 14.3. The Labute approximate surface area is 174 Å². The summed E-state index contributed by atoms with van der Waals surface area (Å²) >= 11 is 0. The van der Waals surface area contributed by atoms with E-state index in [-0.39, 0.29) is 26.6 Å². The Hall–Kier alpha value is -3.67. The molecule has 30 heavy (non-hydrogen) atoms. The lowest BCUT2D eigenvalue weighted by Gasteiger charge is -2.18. The standard InChI is InChI=1S/C22H19N3O4S/c1-3-15-6-8-18(9-7-15)30(28,29)21-14(2)20(23)17(12-19(21)22(26)25-27)11-16-5-4-10-24-13-16/h1,4-10,12-13,27H,11,23H2,2H3,(H,25,26). The van der Waals surface area contributed by atoms with Crippen molar-refractivity contribution >= 4 is 21.4 Å². The Balaban J connectivity index is 2.21. The molecule has 2 aromatic carbocycles. The number of carbonyl (C=O) groups excluding carboxylic acids is 1. The van der Waals surface area contributed by atoms with E-state index in [0.717, 1.165) is 5.56 Å². The number of sulfone groups is 1. The summed E-state index contributed by atoms with van der Waals surface area (Å²) in [5, 5.41) is 9.20. The molecule has 7 nitrogen and oxygen atoms in total. The molecule has 3 aromatic rings. The molecule has 1 aromatic heterocycles. The molecule has 1 amide bonds. The highest BCUT2D eigenvalue weighted by atomic mass is 32.2. The largest absolute Gasteiger partial charge is 0.398 e. The highest BCUT2D eigenvalue weighted by molar-refractivity contribution is 7.91. The topological polar surface area (TPSA) is 122 Å². The summed E-state index contributed by atoms with van der Waals surface area (Å²) in [6, 6.07) is 10.7. The van der Waals surface area contributed by atoms with Crippen LogP contribution in [-0.4, -0.2) is 24.5 Å². The van der Waals surface area contributed by atoms with Gasteiger partial charge in [-0.1, -0.05) is 12.0 Å². The van der Waals surface area contributed by atoms with Gasteiger partial charge >= 0.3 is 0 Å². The summed E-state index contributed by atoms with van der Waals surface area (Å²) < 4.78 is 26.7. The predicted octanol–water partition coefficient (Wildman–Crippen LogP) is 2.50. The van der Waals surface area contributed by atoms with E-state index in [1.54, 1.807) is 18.5 Å². The number of rotatable bonds is 5. The number of carbonyl (C=O) groups is 1. The summed E-state index contributed by atoms with van der Waals surface area (Å²) in [6.45, 7) is 1.53. The number of terminal acetylenes is 1. The van der Waals surface area contributed by atoms with Crippen molar-refractivity contribution in [1.29, 1.82) is 0 Å². The molecule has 0 aliphatic carbocycles. The van der Waals surface area contributed by atoms with Crippen LogP contribution < -0.4 is 11.2 Å². The second-order valence-corrected chi connectivity index (χ2v) is 8.49. The summed E-state index contributed by atoms with van der Waals surface area (Å²) in [6.07, 6.45) is 8.94. The summed E-state index contributed by atoms with van der Waals surface area (Å²) in [7, 11) is -4.13. The number of nitrogens with zero attached hydrogens (tertiary/aromatic N) is 1. The highest BCUT2D eigenvalue weighted by Crippen LogP contribution is 2.34. The zero-order valence-electron chi connectivity index (χ0n) is 16.1. The molecule has 0 radical (unpaired) electrons. The van der Waals surface area contributed by atoms with Gasteiger partial charge in [0.1, 0.15) is 0 Å². The summed E-state index contributed by atoms with van der Waals surface area (Å²) in [5.41, 5.74) is 9.93. The van der Waals surface area contributed by atoms with Gasteiger partial charge in [-0.25, -0.2) is 13.9 Å². The van der Waals surface area contributed by atoms with Gasteiger partial charge in [0.05, 0.1) is 15.4 Å². The lowest BCUT2D eigenvalue weighted by molar-refractivity contribution is 0.0702. The van der Waals surface area contributed by atoms with Gasteiger partial charge in [0.25, 0.3) is 5.91 Å². The average Bonchev–Trinajstić information content (AvgIpc) is 2.76. The van der Waals surface area contributed by atoms with E-state index in [2.05, 4.69) is 10.9 Å². The molecule has 0 spiro atoms. The minimum absolute atomic E-state index is 0.0454. The van der Waals surface area contributed by atoms with Crippen molar-refractivity contribution in [1.82, 2.24) is 10.5 Å². The Morgan fingerprint density at radius 1 is 1.27 bits per heavy atom. The number of pyridine rings is 1. The summed E-state index contributed by atoms with van der Waals surface area (Å²) in [5.74, 6) is 1.46. The van der Waals surface area contributed by atoms with Gasteiger partial charge in [-0.05, 0) is 60.0 Å². The SMILES string of the molecule is C#Cc1ccc(S(=O)(=O)c2c(C(=O)NO)cc(Cc3cccnc3)c(N)c2C)cc1. The zero-order valence-corrected chi connectivity index (χ0v) is 16.9. The summed E-state index contributed by atoms with van der Waals surface area (Å²) in [4.78, 5) is 16.1. The first-order valence-electron chi connectivity index (χ1n) is 8.86. The van der Waals surface area contributed by atoms with E-state index < -0.39 is 15.7 Å². The molecule has 0 aliphatic heterocycles. The van der Waals surface area contributed by atoms with Gasteiger partial charge in [0.2, 0.25) is 9.84 Å². The monoisotopic (exact) mass is 421 g/mol. The molecule has 0 unspecified atom stereocenters. The number of hydroxylamine groups is 1. The van der Waals surface area contributed by atoms with E-state index in [4.69, 9.17) is 12.2 Å². The van der Waals surface area contributed by atoms with Gasteiger partial charge in [-0.15, -0.1) is 6.42 Å². The first kappa shape index (κ1) is 21.0. The molecule has 0 saturated heterocycles. The third-order valence-electron chi connectivity index (χ3n) is 4.72. The van der Waals surface area contributed by atoms with Gasteiger partial charge in [-0.2, -0.15) is 0 Å². The average molecular weight is 421 g/mol. The third kappa shape index (κ3) is 3.89. The Kier molecular flexibility index (Phi) is 5.87. The number of aromatic nitrogens is 1. The second kappa shape index (κ2) is 8.37. The second-order valence-electron chi connectivity index (χ2n) is 6.60. The van der Waals surface area contributed by atoms with Crippen LogP contribution in [0.25, 0.3) is 0 Å². The van der Waals surface area contributed by atoms with Gasteiger partial charge in [0, 0.05) is 30.1 Å². The number of amides is 1. The van der Waals surface area contributed by atoms with E-state index in [1.165, 1.54) is 42.7 Å². The quantitative estimate of drug-likeness (QED) is 0.252. The van der Waals surface area contributed by atoms with Gasteiger partial charge in [-0.3, -0.25) is 15.0 Å². The fourth-order valence-electron chi connectivity index (χ4n) is 3.17. The smallest absolute Gasteiger partial charge is 0.275 e. The molecule has 8 heteroatoms. The predicted molar refractivity (Wildman–Crippen MR) is 112 cm³/mol. The number of anilines is 1. The molecular weight excluding hydrogens is 402 g/mol. The number of benzene rings is 2. The number of hydrogen-bond acceptors (Lipinski definition) is 6. The fourth-order valence-corrected chi connectivity index (χ4v) is 4.86. The Morgan fingerprint density at radius 3 is 2.53 bits per heavy atom. The Morgan fingerprint density at radius 2 is 1.97 bits per heavy atom. The highest BCUT2D eigenvalue weighted by Gasteiger charge is 2.29. The molecular formula is C22H19N3O4S. The van der Waals surface area contributed by atoms with Crippen LogP contribution in [0.15, 0.2) is 64.6 Å². The van der Waals surface area contributed by atoms with Gasteiger partial charge in [0.15, 0.2) is 0 Å². The maximum atomic E-state index is 13.3. The Bertz CT molecular complexity index is 1250. The molecule has 1 heterocycles. The maximum Gasteiger partial charge on any atom is 0.275 e. The van der Waals surface area contributed by atoms with E-state index in [9.17, 15) is 18.4 Å².